The fraction of sp³-hybridized carbons (Fsp3) is 0.478. The first kappa shape index (κ1) is 26.1. The fourth-order valence-corrected chi connectivity index (χ4v) is 5.50. The van der Waals surface area contributed by atoms with E-state index in [1.807, 2.05) is 36.4 Å². The molecule has 1 aromatic rings. The van der Waals surface area contributed by atoms with Crippen molar-refractivity contribution in [1.29, 1.82) is 0 Å². The molecule has 0 unspecified atom stereocenters. The molecule has 34 heavy (non-hydrogen) atoms. The standard InChI is InChI=1S/C23H29N3O6S2/c27-20-14-17-9-4-5-12-33-34-15-19(22(29)24-11-6-10-21(28)32-31-17)26-23(30)18(25-20)13-16-7-2-1-3-8-16/h1-4,7-9,17-19H,5-6,10-15H2,(H,24,29)(H,25,27)(H,26,30)/b9-4+/t17-,18+,19-/m0/s1. The molecule has 1 saturated heterocycles. The van der Waals surface area contributed by atoms with Gasteiger partial charge in [0.25, 0.3) is 0 Å². The van der Waals surface area contributed by atoms with Gasteiger partial charge in [-0.05, 0) is 18.4 Å². The van der Waals surface area contributed by atoms with Crippen LogP contribution in [0.15, 0.2) is 42.5 Å². The number of carbonyl (C=O) groups is 4. The van der Waals surface area contributed by atoms with Gasteiger partial charge in [0.15, 0.2) is 0 Å². The van der Waals surface area contributed by atoms with Gasteiger partial charge in [-0.2, -0.15) is 4.89 Å². The minimum atomic E-state index is -0.895. The first-order valence-corrected chi connectivity index (χ1v) is 13.7. The normalized spacial score (nSPS) is 26.9. The van der Waals surface area contributed by atoms with E-state index in [1.54, 1.807) is 16.9 Å². The average molecular weight is 508 g/mol. The monoisotopic (exact) mass is 507 g/mol. The molecular weight excluding hydrogens is 478 g/mol. The van der Waals surface area contributed by atoms with Crippen molar-refractivity contribution in [2.75, 3.05) is 18.1 Å². The predicted octanol–water partition coefficient (Wildman–Crippen LogP) is 1.68. The van der Waals surface area contributed by atoms with E-state index in [-0.39, 0.29) is 31.7 Å². The van der Waals surface area contributed by atoms with Crippen LogP contribution in [-0.4, -0.2) is 59.9 Å². The molecule has 3 amide bonds. The first-order valence-electron chi connectivity index (χ1n) is 11.2. The van der Waals surface area contributed by atoms with Crippen molar-refractivity contribution in [3.05, 3.63) is 48.0 Å². The van der Waals surface area contributed by atoms with Crippen LogP contribution in [-0.2, 0) is 35.4 Å². The Balaban J connectivity index is 1.88. The zero-order chi connectivity index (χ0) is 24.2. The summed E-state index contributed by atoms with van der Waals surface area (Å²) < 4.78 is 0. The van der Waals surface area contributed by atoms with Gasteiger partial charge in [0.1, 0.15) is 18.2 Å². The molecule has 0 aromatic heterocycles. The molecule has 3 rings (SSSR count). The molecule has 0 saturated carbocycles. The van der Waals surface area contributed by atoms with Crippen LogP contribution in [0.25, 0.3) is 0 Å². The summed E-state index contributed by atoms with van der Waals surface area (Å²) in [7, 11) is 3.09. The van der Waals surface area contributed by atoms with E-state index in [9.17, 15) is 19.2 Å². The average Bonchev–Trinajstić information content (AvgIpc) is 2.82. The molecule has 1 fully saturated rings. The minimum Gasteiger partial charge on any atom is -0.354 e. The van der Waals surface area contributed by atoms with Gasteiger partial charge in [0.05, 0.1) is 12.8 Å². The highest BCUT2D eigenvalue weighted by molar-refractivity contribution is 8.76. The number of hydrogen-bond acceptors (Lipinski definition) is 8. The summed E-state index contributed by atoms with van der Waals surface area (Å²) in [5.74, 6) is -0.669. The van der Waals surface area contributed by atoms with Crippen molar-refractivity contribution in [2.45, 2.75) is 50.3 Å². The fourth-order valence-electron chi connectivity index (χ4n) is 3.35. The zero-order valence-corrected chi connectivity index (χ0v) is 20.3. The van der Waals surface area contributed by atoms with E-state index in [0.29, 0.717) is 18.6 Å². The van der Waals surface area contributed by atoms with E-state index < -0.39 is 36.0 Å². The molecule has 0 spiro atoms. The molecule has 2 heterocycles. The van der Waals surface area contributed by atoms with Crippen LogP contribution in [0, 0.1) is 0 Å². The molecule has 1 aromatic carbocycles. The Morgan fingerprint density at radius 2 is 1.82 bits per heavy atom. The van der Waals surface area contributed by atoms with E-state index in [1.165, 1.54) is 10.8 Å². The number of amides is 3. The predicted molar refractivity (Wildman–Crippen MR) is 131 cm³/mol. The van der Waals surface area contributed by atoms with Gasteiger partial charge in [0.2, 0.25) is 17.7 Å². The lowest BCUT2D eigenvalue weighted by molar-refractivity contribution is -0.288. The SMILES string of the molecule is O=C1C[C@@H]2/C=C/CCSSC[C@H](NC(=O)[C@@H](Cc3ccccc3)N1)C(=O)NCCCC(=O)OO2. The Morgan fingerprint density at radius 3 is 2.65 bits per heavy atom. The smallest absolute Gasteiger partial charge is 0.342 e. The van der Waals surface area contributed by atoms with Crippen LogP contribution in [0.2, 0.25) is 0 Å². The van der Waals surface area contributed by atoms with Crippen molar-refractivity contribution < 1.29 is 29.0 Å². The second-order valence-electron chi connectivity index (χ2n) is 7.88. The van der Waals surface area contributed by atoms with Crippen LogP contribution >= 0.6 is 21.6 Å². The van der Waals surface area contributed by atoms with E-state index in [0.717, 1.165) is 11.3 Å². The Hall–Kier alpha value is -2.50. The van der Waals surface area contributed by atoms with Crippen LogP contribution in [0.5, 0.6) is 0 Å². The van der Waals surface area contributed by atoms with Gasteiger partial charge in [0, 0.05) is 24.5 Å². The van der Waals surface area contributed by atoms with Crippen molar-refractivity contribution in [3.63, 3.8) is 0 Å². The Kier molecular flexibility index (Phi) is 10.8. The largest absolute Gasteiger partial charge is 0.354 e. The van der Waals surface area contributed by atoms with Crippen molar-refractivity contribution in [2.24, 2.45) is 0 Å². The van der Waals surface area contributed by atoms with Gasteiger partial charge in [-0.25, -0.2) is 4.79 Å². The molecule has 3 N–H and O–H groups in total. The highest BCUT2D eigenvalue weighted by atomic mass is 33.1. The number of benzene rings is 1. The van der Waals surface area contributed by atoms with Crippen LogP contribution < -0.4 is 16.0 Å². The Morgan fingerprint density at radius 1 is 1.00 bits per heavy atom. The maximum absolute atomic E-state index is 13.2. The summed E-state index contributed by atoms with van der Waals surface area (Å²) in [6, 6.07) is 7.63. The second kappa shape index (κ2) is 14.0. The maximum atomic E-state index is 13.2. The number of allylic oxidation sites excluding steroid dienone is 1. The third kappa shape index (κ3) is 9.03. The number of hydrogen-bond donors (Lipinski definition) is 3. The molecule has 184 valence electrons. The summed E-state index contributed by atoms with van der Waals surface area (Å²) in [5.41, 5.74) is 0.864. The molecule has 3 atom stereocenters. The van der Waals surface area contributed by atoms with E-state index in [4.69, 9.17) is 9.78 Å². The van der Waals surface area contributed by atoms with Gasteiger partial charge in [-0.15, -0.1) is 0 Å². The van der Waals surface area contributed by atoms with E-state index in [2.05, 4.69) is 16.0 Å². The van der Waals surface area contributed by atoms with Crippen molar-refractivity contribution >= 4 is 45.3 Å². The highest BCUT2D eigenvalue weighted by Crippen LogP contribution is 2.23. The van der Waals surface area contributed by atoms with Gasteiger partial charge in [-0.1, -0.05) is 64.1 Å². The summed E-state index contributed by atoms with van der Waals surface area (Å²) in [5, 5.41) is 8.34. The molecule has 2 bridgehead atoms. The summed E-state index contributed by atoms with van der Waals surface area (Å²) in [6.07, 6.45) is 4.00. The van der Waals surface area contributed by atoms with Crippen LogP contribution in [0.4, 0.5) is 0 Å². The lowest BCUT2D eigenvalue weighted by Crippen LogP contribution is -2.55. The van der Waals surface area contributed by atoms with Crippen molar-refractivity contribution in [3.8, 4) is 0 Å². The maximum Gasteiger partial charge on any atom is 0.342 e. The first-order chi connectivity index (χ1) is 16.5. The molecule has 9 nitrogen and oxygen atoms in total. The lowest BCUT2D eigenvalue weighted by Gasteiger charge is -2.24. The Labute approximate surface area is 206 Å². The molecule has 2 aliphatic heterocycles. The quantitative estimate of drug-likeness (QED) is 0.314. The molecule has 11 heteroatoms. The van der Waals surface area contributed by atoms with Crippen molar-refractivity contribution in [1.82, 2.24) is 16.0 Å². The number of fused-ring (bicyclic) bond motifs is 7. The topological polar surface area (TPSA) is 123 Å². The molecule has 0 aliphatic carbocycles. The zero-order valence-electron chi connectivity index (χ0n) is 18.7. The minimum absolute atomic E-state index is 0.0453. The molecule has 0 radical (unpaired) electrons. The summed E-state index contributed by atoms with van der Waals surface area (Å²) in [4.78, 5) is 61.0. The number of carbonyl (C=O) groups excluding carboxylic acids is 4. The third-order valence-electron chi connectivity index (χ3n) is 5.11. The Bertz CT molecular complexity index is 883. The van der Waals surface area contributed by atoms with E-state index >= 15 is 0 Å². The summed E-state index contributed by atoms with van der Waals surface area (Å²) in [6.45, 7) is 0.256. The van der Waals surface area contributed by atoms with Gasteiger partial charge in [-0.3, -0.25) is 19.3 Å². The lowest BCUT2D eigenvalue weighted by atomic mass is 10.0. The number of nitrogens with one attached hydrogen (secondary N) is 3. The van der Waals surface area contributed by atoms with Gasteiger partial charge >= 0.3 is 5.97 Å². The third-order valence-corrected chi connectivity index (χ3v) is 7.56. The van der Waals surface area contributed by atoms with Gasteiger partial charge < -0.3 is 16.0 Å². The van der Waals surface area contributed by atoms with Crippen LogP contribution in [0.3, 0.4) is 0 Å². The second-order valence-corrected chi connectivity index (χ2v) is 10.5. The summed E-state index contributed by atoms with van der Waals surface area (Å²) >= 11 is 0. The molecular formula is C23H29N3O6S2. The molecule has 2 aliphatic rings. The van der Waals surface area contributed by atoms with Crippen LogP contribution in [0.1, 0.15) is 31.2 Å². The number of rotatable bonds is 2. The highest BCUT2D eigenvalue weighted by Gasteiger charge is 2.28.